The Balaban J connectivity index is 2.34. The molecule has 19 heavy (non-hydrogen) atoms. The van der Waals surface area contributed by atoms with Crippen LogP contribution < -0.4 is 4.74 Å². The SMILES string of the molecule is Oc1cccc(-c2ccc(OC(F)(F)F)c(F)c2)c1. The van der Waals surface area contributed by atoms with Crippen molar-refractivity contribution in [2.24, 2.45) is 0 Å². The summed E-state index contributed by atoms with van der Waals surface area (Å²) in [5.74, 6) is -2.04. The number of phenols is 1. The highest BCUT2D eigenvalue weighted by atomic mass is 19.4. The second-order valence-corrected chi connectivity index (χ2v) is 3.74. The molecule has 0 atom stereocenters. The van der Waals surface area contributed by atoms with Gasteiger partial charge in [-0.15, -0.1) is 13.2 Å². The van der Waals surface area contributed by atoms with Crippen molar-refractivity contribution >= 4 is 0 Å². The van der Waals surface area contributed by atoms with E-state index in [0.29, 0.717) is 11.1 Å². The minimum atomic E-state index is -4.94. The van der Waals surface area contributed by atoms with Crippen LogP contribution in [-0.4, -0.2) is 11.5 Å². The molecule has 0 spiro atoms. The summed E-state index contributed by atoms with van der Waals surface area (Å²) >= 11 is 0. The van der Waals surface area contributed by atoms with Crippen molar-refractivity contribution in [1.82, 2.24) is 0 Å². The quantitative estimate of drug-likeness (QED) is 0.834. The summed E-state index contributed by atoms with van der Waals surface area (Å²) in [4.78, 5) is 0. The molecule has 0 amide bonds. The summed E-state index contributed by atoms with van der Waals surface area (Å²) < 4.78 is 52.9. The zero-order chi connectivity index (χ0) is 14.0. The Kier molecular flexibility index (Phi) is 3.33. The Morgan fingerprint density at radius 1 is 0.947 bits per heavy atom. The minimum Gasteiger partial charge on any atom is -0.508 e. The Bertz CT molecular complexity index is 593. The fourth-order valence-electron chi connectivity index (χ4n) is 1.57. The number of hydrogen-bond donors (Lipinski definition) is 1. The number of aromatic hydroxyl groups is 1. The third kappa shape index (κ3) is 3.37. The van der Waals surface area contributed by atoms with Crippen molar-refractivity contribution in [2.45, 2.75) is 6.36 Å². The van der Waals surface area contributed by atoms with Crippen LogP contribution in [0, 0.1) is 5.82 Å². The second kappa shape index (κ2) is 4.79. The highest BCUT2D eigenvalue weighted by molar-refractivity contribution is 5.65. The van der Waals surface area contributed by atoms with E-state index in [0.717, 1.165) is 12.1 Å². The van der Waals surface area contributed by atoms with Gasteiger partial charge in [-0.25, -0.2) is 4.39 Å². The van der Waals surface area contributed by atoms with E-state index in [1.807, 2.05) is 0 Å². The van der Waals surface area contributed by atoms with Gasteiger partial charge in [-0.05, 0) is 35.4 Å². The number of alkyl halides is 3. The van der Waals surface area contributed by atoms with Crippen LogP contribution >= 0.6 is 0 Å². The first-order valence-electron chi connectivity index (χ1n) is 5.20. The van der Waals surface area contributed by atoms with Gasteiger partial charge in [0.05, 0.1) is 0 Å². The normalized spacial score (nSPS) is 11.4. The third-order valence-corrected chi connectivity index (χ3v) is 2.34. The number of halogens is 4. The van der Waals surface area contributed by atoms with E-state index in [2.05, 4.69) is 4.74 Å². The average Bonchev–Trinajstić information content (AvgIpc) is 2.30. The Morgan fingerprint density at radius 3 is 2.21 bits per heavy atom. The van der Waals surface area contributed by atoms with Gasteiger partial charge in [-0.1, -0.05) is 18.2 Å². The van der Waals surface area contributed by atoms with Crippen LogP contribution in [0.1, 0.15) is 0 Å². The molecule has 0 aliphatic carbocycles. The lowest BCUT2D eigenvalue weighted by atomic mass is 10.1. The standard InChI is InChI=1S/C13H8F4O2/c14-11-7-9(8-2-1-3-10(18)6-8)4-5-12(11)19-13(15,16)17/h1-7,18H. The zero-order valence-electron chi connectivity index (χ0n) is 9.41. The molecule has 0 saturated heterocycles. The number of rotatable bonds is 2. The van der Waals surface area contributed by atoms with Crippen LogP contribution in [-0.2, 0) is 0 Å². The van der Waals surface area contributed by atoms with Crippen LogP contribution in [0.25, 0.3) is 11.1 Å². The number of phenolic OH excluding ortho intramolecular Hbond substituents is 1. The monoisotopic (exact) mass is 272 g/mol. The van der Waals surface area contributed by atoms with Gasteiger partial charge in [0.1, 0.15) is 5.75 Å². The van der Waals surface area contributed by atoms with Gasteiger partial charge in [0.2, 0.25) is 0 Å². The van der Waals surface area contributed by atoms with Gasteiger partial charge in [-0.2, -0.15) is 0 Å². The first-order chi connectivity index (χ1) is 8.85. The van der Waals surface area contributed by atoms with Crippen molar-refractivity contribution in [3.63, 3.8) is 0 Å². The van der Waals surface area contributed by atoms with Crippen molar-refractivity contribution in [3.05, 3.63) is 48.3 Å². The molecule has 2 nitrogen and oxygen atoms in total. The van der Waals surface area contributed by atoms with Crippen molar-refractivity contribution in [3.8, 4) is 22.6 Å². The van der Waals surface area contributed by atoms with Crippen LogP contribution in [0.15, 0.2) is 42.5 Å². The number of ether oxygens (including phenoxy) is 1. The maximum absolute atomic E-state index is 13.5. The highest BCUT2D eigenvalue weighted by Crippen LogP contribution is 2.30. The molecule has 0 fully saturated rings. The first-order valence-corrected chi connectivity index (χ1v) is 5.20. The summed E-state index contributed by atoms with van der Waals surface area (Å²) in [6.45, 7) is 0. The maximum Gasteiger partial charge on any atom is 0.573 e. The molecule has 100 valence electrons. The fraction of sp³-hybridized carbons (Fsp3) is 0.0769. The summed E-state index contributed by atoms with van der Waals surface area (Å²) in [6.07, 6.45) is -4.94. The predicted molar refractivity (Wildman–Crippen MR) is 60.2 cm³/mol. The summed E-state index contributed by atoms with van der Waals surface area (Å²) in [7, 11) is 0. The zero-order valence-corrected chi connectivity index (χ0v) is 9.41. The van der Waals surface area contributed by atoms with E-state index in [9.17, 15) is 22.7 Å². The van der Waals surface area contributed by atoms with E-state index >= 15 is 0 Å². The molecule has 0 aliphatic rings. The van der Waals surface area contributed by atoms with Gasteiger partial charge in [0, 0.05) is 0 Å². The second-order valence-electron chi connectivity index (χ2n) is 3.74. The molecule has 2 aromatic carbocycles. The maximum atomic E-state index is 13.5. The van der Waals surface area contributed by atoms with E-state index in [1.165, 1.54) is 18.2 Å². The molecule has 0 unspecified atom stereocenters. The van der Waals surface area contributed by atoms with Crippen LogP contribution in [0.3, 0.4) is 0 Å². The first kappa shape index (κ1) is 13.2. The van der Waals surface area contributed by atoms with Crippen molar-refractivity contribution < 1.29 is 27.4 Å². The van der Waals surface area contributed by atoms with Gasteiger partial charge in [0.25, 0.3) is 0 Å². The molecule has 0 aromatic heterocycles. The predicted octanol–water partition coefficient (Wildman–Crippen LogP) is 4.10. The van der Waals surface area contributed by atoms with Gasteiger partial charge in [-0.3, -0.25) is 0 Å². The van der Waals surface area contributed by atoms with Crippen LogP contribution in [0.2, 0.25) is 0 Å². The smallest absolute Gasteiger partial charge is 0.508 e. The molecule has 0 aliphatic heterocycles. The molecule has 2 aromatic rings. The lowest BCUT2D eigenvalue weighted by Crippen LogP contribution is -2.17. The summed E-state index contributed by atoms with van der Waals surface area (Å²) in [5.41, 5.74) is 0.820. The molecule has 0 heterocycles. The van der Waals surface area contributed by atoms with Crippen molar-refractivity contribution in [1.29, 1.82) is 0 Å². The Morgan fingerprint density at radius 2 is 1.63 bits per heavy atom. The summed E-state index contributed by atoms with van der Waals surface area (Å²) in [6, 6.07) is 9.03. The van der Waals surface area contributed by atoms with E-state index in [1.54, 1.807) is 12.1 Å². The molecular weight excluding hydrogens is 264 g/mol. The van der Waals surface area contributed by atoms with E-state index < -0.39 is 17.9 Å². The van der Waals surface area contributed by atoms with Crippen LogP contribution in [0.5, 0.6) is 11.5 Å². The largest absolute Gasteiger partial charge is 0.573 e. The lowest BCUT2D eigenvalue weighted by Gasteiger charge is -2.10. The highest BCUT2D eigenvalue weighted by Gasteiger charge is 2.32. The fourth-order valence-corrected chi connectivity index (χ4v) is 1.57. The number of hydrogen-bond acceptors (Lipinski definition) is 2. The Hall–Kier alpha value is -2.24. The number of benzene rings is 2. The molecule has 0 saturated carbocycles. The molecule has 0 radical (unpaired) electrons. The molecule has 6 heteroatoms. The Labute approximate surface area is 105 Å². The molecule has 1 N–H and O–H groups in total. The summed E-state index contributed by atoms with van der Waals surface area (Å²) in [5, 5.41) is 9.28. The minimum absolute atomic E-state index is 0.0199. The van der Waals surface area contributed by atoms with E-state index in [-0.39, 0.29) is 5.75 Å². The average molecular weight is 272 g/mol. The van der Waals surface area contributed by atoms with Gasteiger partial charge < -0.3 is 9.84 Å². The lowest BCUT2D eigenvalue weighted by molar-refractivity contribution is -0.275. The van der Waals surface area contributed by atoms with Crippen molar-refractivity contribution in [2.75, 3.05) is 0 Å². The van der Waals surface area contributed by atoms with Gasteiger partial charge >= 0.3 is 6.36 Å². The topological polar surface area (TPSA) is 29.5 Å². The van der Waals surface area contributed by atoms with E-state index in [4.69, 9.17) is 0 Å². The molecule has 0 bridgehead atoms. The third-order valence-electron chi connectivity index (χ3n) is 2.34. The van der Waals surface area contributed by atoms with Gasteiger partial charge in [0.15, 0.2) is 11.6 Å². The molecule has 2 rings (SSSR count). The van der Waals surface area contributed by atoms with Crippen LogP contribution in [0.4, 0.5) is 17.6 Å². The molecular formula is C13H8F4O2.